The monoisotopic (exact) mass is 384 g/mol. The van der Waals surface area contributed by atoms with Gasteiger partial charge in [-0.05, 0) is 33.7 Å². The van der Waals surface area contributed by atoms with Gasteiger partial charge in [0.15, 0.2) is 5.96 Å². The molecule has 0 radical (unpaired) electrons. The Kier molecular flexibility index (Phi) is 16.1. The lowest BCUT2D eigenvalue weighted by molar-refractivity contribution is 0.237. The number of guanidine groups is 1. The molecule has 116 valence electrons. The van der Waals surface area contributed by atoms with E-state index in [2.05, 4.69) is 55.1 Å². The van der Waals surface area contributed by atoms with Crippen molar-refractivity contribution in [2.75, 3.05) is 32.7 Å². The normalized spacial score (nSPS) is 11.6. The van der Waals surface area contributed by atoms with Gasteiger partial charge in [-0.25, -0.2) is 0 Å². The van der Waals surface area contributed by atoms with Gasteiger partial charge in [-0.15, -0.1) is 24.0 Å². The van der Waals surface area contributed by atoms with Crippen LogP contribution in [0.5, 0.6) is 0 Å². The molecule has 0 aromatic rings. The summed E-state index contributed by atoms with van der Waals surface area (Å²) >= 11 is 0. The van der Waals surface area contributed by atoms with Crippen molar-refractivity contribution in [2.24, 2.45) is 4.99 Å². The van der Waals surface area contributed by atoms with E-state index in [0.717, 1.165) is 45.1 Å². The molecule has 0 aromatic carbocycles. The predicted molar refractivity (Wildman–Crippen MR) is 96.7 cm³/mol. The molecule has 0 saturated heterocycles. The average Bonchev–Trinajstić information content (AvgIpc) is 2.34. The third-order valence-electron chi connectivity index (χ3n) is 2.95. The van der Waals surface area contributed by atoms with E-state index in [-0.39, 0.29) is 24.0 Å². The van der Waals surface area contributed by atoms with Crippen LogP contribution in [0.15, 0.2) is 4.99 Å². The maximum absolute atomic E-state index is 4.55. The summed E-state index contributed by atoms with van der Waals surface area (Å²) in [6, 6.07) is 0.608. The second-order valence-electron chi connectivity index (χ2n) is 4.76. The van der Waals surface area contributed by atoms with Gasteiger partial charge < -0.3 is 10.6 Å². The average molecular weight is 384 g/mol. The number of unbranched alkanes of at least 4 members (excludes halogenated alkanes) is 1. The van der Waals surface area contributed by atoms with Crippen molar-refractivity contribution < 1.29 is 0 Å². The molecule has 0 aliphatic heterocycles. The van der Waals surface area contributed by atoms with E-state index in [4.69, 9.17) is 0 Å². The Hall–Kier alpha value is -0.0400. The molecule has 0 amide bonds. The lowest BCUT2D eigenvalue weighted by atomic mass is 10.3. The van der Waals surface area contributed by atoms with Crippen molar-refractivity contribution in [3.05, 3.63) is 0 Å². The van der Waals surface area contributed by atoms with Crippen LogP contribution in [0.25, 0.3) is 0 Å². The molecular weight excluding hydrogens is 351 g/mol. The minimum absolute atomic E-state index is 0. The summed E-state index contributed by atoms with van der Waals surface area (Å²) in [5, 5.41) is 6.68. The fourth-order valence-electron chi connectivity index (χ4n) is 1.79. The number of nitrogens with one attached hydrogen (secondary N) is 2. The molecule has 0 heterocycles. The summed E-state index contributed by atoms with van der Waals surface area (Å²) in [7, 11) is 0. The number of hydrogen-bond donors (Lipinski definition) is 2. The van der Waals surface area contributed by atoms with E-state index < -0.39 is 0 Å². The third kappa shape index (κ3) is 11.5. The summed E-state index contributed by atoms with van der Waals surface area (Å²) in [5.41, 5.74) is 0. The molecule has 4 nitrogen and oxygen atoms in total. The molecule has 2 N–H and O–H groups in total. The zero-order chi connectivity index (χ0) is 13.8. The second-order valence-corrected chi connectivity index (χ2v) is 4.76. The van der Waals surface area contributed by atoms with Crippen molar-refractivity contribution in [3.63, 3.8) is 0 Å². The zero-order valence-electron chi connectivity index (χ0n) is 13.3. The minimum Gasteiger partial charge on any atom is -0.357 e. The Bertz CT molecular complexity index is 219. The first-order valence-corrected chi connectivity index (χ1v) is 7.41. The second kappa shape index (κ2) is 14.4. The molecular formula is C14H33IN4. The summed E-state index contributed by atoms with van der Waals surface area (Å²) in [4.78, 5) is 6.99. The lowest BCUT2D eigenvalue weighted by Gasteiger charge is -2.25. The standard InChI is InChI=1S/C14H32N4.HI/c1-6-9-10-16-14(15-7-2)17-11-12-18(8-3)13(4)5;/h13H,6-12H2,1-5H3,(H2,15,16,17);1H. The highest BCUT2D eigenvalue weighted by Crippen LogP contribution is 1.95. The van der Waals surface area contributed by atoms with Gasteiger partial charge in [-0.2, -0.15) is 0 Å². The Labute approximate surface area is 136 Å². The van der Waals surface area contributed by atoms with Crippen molar-refractivity contribution >= 4 is 29.9 Å². The fraction of sp³-hybridized carbons (Fsp3) is 0.929. The number of rotatable bonds is 9. The van der Waals surface area contributed by atoms with Gasteiger partial charge in [0.05, 0.1) is 0 Å². The van der Waals surface area contributed by atoms with Crippen LogP contribution < -0.4 is 10.6 Å². The van der Waals surface area contributed by atoms with E-state index in [0.29, 0.717) is 6.04 Å². The minimum atomic E-state index is 0. The maximum atomic E-state index is 4.55. The van der Waals surface area contributed by atoms with Gasteiger partial charge in [0, 0.05) is 32.2 Å². The first-order valence-electron chi connectivity index (χ1n) is 7.41. The SMILES string of the molecule is CCCCN=C(NCC)NCCN(CC)C(C)C.I. The smallest absolute Gasteiger partial charge is 0.191 e. The van der Waals surface area contributed by atoms with Gasteiger partial charge >= 0.3 is 0 Å². The Balaban J connectivity index is 0. The third-order valence-corrected chi connectivity index (χ3v) is 2.95. The first-order chi connectivity index (χ1) is 8.65. The summed E-state index contributed by atoms with van der Waals surface area (Å²) in [5.74, 6) is 0.950. The van der Waals surface area contributed by atoms with Crippen LogP contribution in [0.2, 0.25) is 0 Å². The molecule has 19 heavy (non-hydrogen) atoms. The van der Waals surface area contributed by atoms with E-state index in [1.54, 1.807) is 0 Å². The topological polar surface area (TPSA) is 39.7 Å². The zero-order valence-corrected chi connectivity index (χ0v) is 15.7. The molecule has 5 heteroatoms. The highest BCUT2D eigenvalue weighted by atomic mass is 127. The predicted octanol–water partition coefficient (Wildman–Crippen LogP) is 2.69. The van der Waals surface area contributed by atoms with Crippen LogP contribution in [0.4, 0.5) is 0 Å². The van der Waals surface area contributed by atoms with Crippen molar-refractivity contribution in [1.82, 2.24) is 15.5 Å². The highest BCUT2D eigenvalue weighted by molar-refractivity contribution is 14.0. The van der Waals surface area contributed by atoms with Crippen molar-refractivity contribution in [3.8, 4) is 0 Å². The van der Waals surface area contributed by atoms with Crippen LogP contribution in [0.3, 0.4) is 0 Å². The Morgan fingerprint density at radius 1 is 1.16 bits per heavy atom. The molecule has 0 bridgehead atoms. The van der Waals surface area contributed by atoms with Gasteiger partial charge in [0.1, 0.15) is 0 Å². The van der Waals surface area contributed by atoms with Crippen LogP contribution >= 0.6 is 24.0 Å². The molecule has 0 aromatic heterocycles. The number of nitrogens with zero attached hydrogens (tertiary/aromatic N) is 2. The molecule has 0 aliphatic carbocycles. The first kappa shape index (κ1) is 21.3. The number of hydrogen-bond acceptors (Lipinski definition) is 2. The summed E-state index contributed by atoms with van der Waals surface area (Å²) in [6.07, 6.45) is 2.35. The van der Waals surface area contributed by atoms with E-state index >= 15 is 0 Å². The van der Waals surface area contributed by atoms with E-state index in [1.807, 2.05) is 0 Å². The molecule has 0 spiro atoms. The molecule has 0 saturated carbocycles. The maximum Gasteiger partial charge on any atom is 0.191 e. The van der Waals surface area contributed by atoms with E-state index in [9.17, 15) is 0 Å². The van der Waals surface area contributed by atoms with Gasteiger partial charge in [0.25, 0.3) is 0 Å². The van der Waals surface area contributed by atoms with Crippen molar-refractivity contribution in [1.29, 1.82) is 0 Å². The highest BCUT2D eigenvalue weighted by Gasteiger charge is 2.06. The number of aliphatic imine (C=N–C) groups is 1. The van der Waals surface area contributed by atoms with Crippen LogP contribution in [0.1, 0.15) is 47.5 Å². The van der Waals surface area contributed by atoms with Gasteiger partial charge in [0.2, 0.25) is 0 Å². The number of halogens is 1. The van der Waals surface area contributed by atoms with Gasteiger partial charge in [-0.1, -0.05) is 20.3 Å². The van der Waals surface area contributed by atoms with Crippen molar-refractivity contribution in [2.45, 2.75) is 53.5 Å². The Morgan fingerprint density at radius 2 is 1.84 bits per heavy atom. The number of likely N-dealkylation sites (N-methyl/N-ethyl adjacent to an activating group) is 1. The largest absolute Gasteiger partial charge is 0.357 e. The molecule has 0 rings (SSSR count). The lowest BCUT2D eigenvalue weighted by Crippen LogP contribution is -2.43. The van der Waals surface area contributed by atoms with Crippen LogP contribution in [-0.4, -0.2) is 49.6 Å². The van der Waals surface area contributed by atoms with Crippen LogP contribution in [-0.2, 0) is 0 Å². The molecule has 0 aliphatic rings. The molecule has 0 unspecified atom stereocenters. The van der Waals surface area contributed by atoms with Gasteiger partial charge in [-0.3, -0.25) is 9.89 Å². The van der Waals surface area contributed by atoms with Crippen LogP contribution in [0, 0.1) is 0 Å². The summed E-state index contributed by atoms with van der Waals surface area (Å²) < 4.78 is 0. The summed E-state index contributed by atoms with van der Waals surface area (Å²) in [6.45, 7) is 15.9. The quantitative estimate of drug-likeness (QED) is 0.278. The van der Waals surface area contributed by atoms with E-state index in [1.165, 1.54) is 6.42 Å². The fourth-order valence-corrected chi connectivity index (χ4v) is 1.79. The molecule has 0 atom stereocenters. The Morgan fingerprint density at radius 3 is 2.32 bits per heavy atom. The molecule has 0 fully saturated rings.